The van der Waals surface area contributed by atoms with Gasteiger partial charge in [-0.05, 0) is 55.9 Å². The van der Waals surface area contributed by atoms with Gasteiger partial charge in [0.2, 0.25) is 5.91 Å². The van der Waals surface area contributed by atoms with E-state index in [2.05, 4.69) is 30.2 Å². The third-order valence-corrected chi connectivity index (χ3v) is 5.76. The van der Waals surface area contributed by atoms with Crippen molar-refractivity contribution in [3.8, 4) is 0 Å². The van der Waals surface area contributed by atoms with Gasteiger partial charge in [0.25, 0.3) is 5.91 Å². The zero-order valence-electron chi connectivity index (χ0n) is 16.8. The van der Waals surface area contributed by atoms with Gasteiger partial charge in [-0.3, -0.25) is 9.59 Å². The lowest BCUT2D eigenvalue weighted by molar-refractivity contribution is -0.406. The molecule has 2 amide bonds. The van der Waals surface area contributed by atoms with E-state index in [1.54, 1.807) is 11.8 Å². The lowest BCUT2D eigenvalue weighted by Crippen LogP contribution is -2.68. The molecule has 0 aromatic carbocycles. The Hall–Kier alpha value is -1.28. The Morgan fingerprint density at radius 1 is 1.19 bits per heavy atom. The van der Waals surface area contributed by atoms with E-state index in [-0.39, 0.29) is 23.8 Å². The van der Waals surface area contributed by atoms with Crippen LogP contribution < -0.4 is 21.5 Å². The minimum atomic E-state index is -1.22. The van der Waals surface area contributed by atoms with Gasteiger partial charge in [0.05, 0.1) is 12.0 Å². The molecule has 0 aromatic rings. The fourth-order valence-corrected chi connectivity index (χ4v) is 3.94. The molecule has 27 heavy (non-hydrogen) atoms. The third kappa shape index (κ3) is 8.97. The third-order valence-electron chi connectivity index (χ3n) is 5.12. The molecule has 0 aromatic heterocycles. The van der Waals surface area contributed by atoms with Gasteiger partial charge >= 0.3 is 0 Å². The molecule has 8 heteroatoms. The molecular formula is C19H35N3O4S. The second-order valence-electron chi connectivity index (χ2n) is 7.95. The number of aliphatic carboxylic acids is 1. The van der Waals surface area contributed by atoms with E-state index < -0.39 is 12.0 Å². The quantitative estimate of drug-likeness (QED) is 0.432. The van der Waals surface area contributed by atoms with E-state index in [0.29, 0.717) is 43.4 Å². The summed E-state index contributed by atoms with van der Waals surface area (Å²) in [6.07, 6.45) is 6.18. The van der Waals surface area contributed by atoms with E-state index in [1.807, 2.05) is 6.26 Å². The summed E-state index contributed by atoms with van der Waals surface area (Å²) < 4.78 is 0. The molecule has 0 aliphatic heterocycles. The Balaban J connectivity index is 2.35. The van der Waals surface area contributed by atoms with Crippen LogP contribution in [0.2, 0.25) is 0 Å². The number of rotatable bonds is 11. The molecule has 1 saturated carbocycles. The lowest BCUT2D eigenvalue weighted by Gasteiger charge is -2.29. The minimum absolute atomic E-state index is 0.00541. The summed E-state index contributed by atoms with van der Waals surface area (Å²) in [7, 11) is 0. The van der Waals surface area contributed by atoms with Crippen LogP contribution in [0.15, 0.2) is 0 Å². The first-order chi connectivity index (χ1) is 12.7. The van der Waals surface area contributed by atoms with Crippen molar-refractivity contribution in [1.82, 2.24) is 10.6 Å². The number of carboxylic acids is 1. The van der Waals surface area contributed by atoms with Gasteiger partial charge < -0.3 is 26.3 Å². The predicted molar refractivity (Wildman–Crippen MR) is 105 cm³/mol. The Kier molecular flexibility index (Phi) is 10.8. The van der Waals surface area contributed by atoms with Gasteiger partial charge in [0, 0.05) is 18.9 Å². The van der Waals surface area contributed by atoms with Crippen LogP contribution in [0.5, 0.6) is 0 Å². The van der Waals surface area contributed by atoms with Crippen molar-refractivity contribution in [3.63, 3.8) is 0 Å². The van der Waals surface area contributed by atoms with Gasteiger partial charge in [-0.25, -0.2) is 0 Å². The molecule has 1 rings (SSSR count). The van der Waals surface area contributed by atoms with E-state index in [1.165, 1.54) is 0 Å². The number of carbonyl (C=O) groups is 3. The molecule has 5 N–H and O–H groups in total. The molecule has 0 heterocycles. The van der Waals surface area contributed by atoms with Crippen LogP contribution >= 0.6 is 11.8 Å². The molecule has 156 valence electrons. The van der Waals surface area contributed by atoms with Crippen LogP contribution in [0.4, 0.5) is 0 Å². The van der Waals surface area contributed by atoms with Gasteiger partial charge in [0.15, 0.2) is 6.04 Å². The van der Waals surface area contributed by atoms with Gasteiger partial charge in [-0.1, -0.05) is 13.8 Å². The zero-order valence-corrected chi connectivity index (χ0v) is 17.6. The number of nitrogens with one attached hydrogen (secondary N) is 2. The van der Waals surface area contributed by atoms with E-state index in [4.69, 9.17) is 0 Å². The van der Waals surface area contributed by atoms with Crippen LogP contribution in [0.25, 0.3) is 0 Å². The summed E-state index contributed by atoms with van der Waals surface area (Å²) in [5.74, 6) is -0.120. The SMILES string of the molecule is CSCC[C@@H](NC(=O)C1CCC(CNC(=O)[C@@H]([NH3+])CC(C)C)CC1)C(=O)[O-]. The number of quaternary nitrogens is 1. The van der Waals surface area contributed by atoms with Crippen molar-refractivity contribution < 1.29 is 25.2 Å². The smallest absolute Gasteiger partial charge is 0.278 e. The van der Waals surface area contributed by atoms with E-state index in [9.17, 15) is 19.5 Å². The van der Waals surface area contributed by atoms with Crippen molar-refractivity contribution in [2.75, 3.05) is 18.6 Å². The molecule has 0 unspecified atom stereocenters. The van der Waals surface area contributed by atoms with Gasteiger partial charge in [-0.15, -0.1) is 0 Å². The normalized spacial score (nSPS) is 22.1. The van der Waals surface area contributed by atoms with Gasteiger partial charge in [-0.2, -0.15) is 11.8 Å². The maximum Gasteiger partial charge on any atom is 0.278 e. The molecule has 7 nitrogen and oxygen atoms in total. The number of carbonyl (C=O) groups excluding carboxylic acids is 3. The average molecular weight is 402 g/mol. The highest BCUT2D eigenvalue weighted by Gasteiger charge is 2.28. The van der Waals surface area contributed by atoms with E-state index >= 15 is 0 Å². The molecular weight excluding hydrogens is 366 g/mol. The van der Waals surface area contributed by atoms with E-state index in [0.717, 1.165) is 19.3 Å². The first-order valence-electron chi connectivity index (χ1n) is 9.85. The fourth-order valence-electron chi connectivity index (χ4n) is 3.47. The second-order valence-corrected chi connectivity index (χ2v) is 8.94. The molecule has 1 aliphatic rings. The molecule has 0 bridgehead atoms. The Labute approximate surface area is 166 Å². The number of thioether (sulfide) groups is 1. The Morgan fingerprint density at radius 3 is 2.33 bits per heavy atom. The Morgan fingerprint density at radius 2 is 1.81 bits per heavy atom. The molecule has 0 spiro atoms. The maximum absolute atomic E-state index is 12.4. The second kappa shape index (κ2) is 12.2. The van der Waals surface area contributed by atoms with Crippen LogP contribution in [-0.4, -0.2) is 48.4 Å². The molecule has 1 aliphatic carbocycles. The highest BCUT2D eigenvalue weighted by Crippen LogP contribution is 2.28. The summed E-state index contributed by atoms with van der Waals surface area (Å²) >= 11 is 1.54. The number of hydrogen-bond donors (Lipinski definition) is 3. The Bertz CT molecular complexity index is 493. The molecule has 0 radical (unpaired) electrons. The van der Waals surface area contributed by atoms with Crippen LogP contribution in [0.1, 0.15) is 52.4 Å². The molecule has 1 fully saturated rings. The number of amides is 2. The maximum atomic E-state index is 12.4. The topological polar surface area (TPSA) is 126 Å². The van der Waals surface area contributed by atoms with Crippen LogP contribution in [0, 0.1) is 17.8 Å². The van der Waals surface area contributed by atoms with Crippen molar-refractivity contribution >= 4 is 29.5 Å². The summed E-state index contributed by atoms with van der Waals surface area (Å²) in [6, 6.07) is -1.15. The number of carboxylic acid groups (broad SMARTS) is 1. The predicted octanol–water partition coefficient (Wildman–Crippen LogP) is -0.447. The molecule has 2 atom stereocenters. The monoisotopic (exact) mass is 401 g/mol. The first-order valence-corrected chi connectivity index (χ1v) is 11.2. The highest BCUT2D eigenvalue weighted by molar-refractivity contribution is 7.98. The standard InChI is InChI=1S/C19H35N3O4S/c1-12(2)10-15(20)18(24)21-11-13-4-6-14(7-5-13)17(23)22-16(19(25)26)8-9-27-3/h12-16H,4-11,20H2,1-3H3,(H,21,24)(H,22,23)(H,25,26)/t13?,14?,15-,16+/m0/s1. The molecule has 0 saturated heterocycles. The summed E-state index contributed by atoms with van der Waals surface area (Å²) in [6.45, 7) is 4.76. The first kappa shape index (κ1) is 23.8. The number of hydrogen-bond acceptors (Lipinski definition) is 5. The fraction of sp³-hybridized carbons (Fsp3) is 0.842. The van der Waals surface area contributed by atoms with Crippen LogP contribution in [-0.2, 0) is 14.4 Å². The average Bonchev–Trinajstić information content (AvgIpc) is 2.62. The minimum Gasteiger partial charge on any atom is -0.548 e. The van der Waals surface area contributed by atoms with Crippen molar-refractivity contribution in [1.29, 1.82) is 0 Å². The lowest BCUT2D eigenvalue weighted by atomic mass is 9.81. The van der Waals surface area contributed by atoms with Gasteiger partial charge in [0.1, 0.15) is 0 Å². The van der Waals surface area contributed by atoms with Crippen molar-refractivity contribution in [2.45, 2.75) is 64.5 Å². The largest absolute Gasteiger partial charge is 0.548 e. The zero-order chi connectivity index (χ0) is 20.4. The van der Waals surface area contributed by atoms with Crippen molar-refractivity contribution in [3.05, 3.63) is 0 Å². The summed E-state index contributed by atoms with van der Waals surface area (Å²) in [5, 5.41) is 16.8. The summed E-state index contributed by atoms with van der Waals surface area (Å²) in [4.78, 5) is 35.6. The van der Waals surface area contributed by atoms with Crippen LogP contribution in [0.3, 0.4) is 0 Å². The summed E-state index contributed by atoms with van der Waals surface area (Å²) in [5.41, 5.74) is 3.92. The highest BCUT2D eigenvalue weighted by atomic mass is 32.2. The van der Waals surface area contributed by atoms with Crippen molar-refractivity contribution in [2.24, 2.45) is 17.8 Å².